The van der Waals surface area contributed by atoms with Gasteiger partial charge in [0.2, 0.25) is 0 Å². The summed E-state index contributed by atoms with van der Waals surface area (Å²) in [6.07, 6.45) is 4.54. The van der Waals surface area contributed by atoms with Crippen LogP contribution in [0.2, 0.25) is 5.02 Å². The fourth-order valence-corrected chi connectivity index (χ4v) is 4.09. The van der Waals surface area contributed by atoms with Crippen molar-refractivity contribution in [2.75, 3.05) is 19.2 Å². The average molecular weight is 403 g/mol. The summed E-state index contributed by atoms with van der Waals surface area (Å²) < 4.78 is 13.0. The minimum absolute atomic E-state index is 0.152. The monoisotopic (exact) mass is 402 g/mol. The van der Waals surface area contributed by atoms with E-state index in [1.165, 1.54) is 0 Å². The molecule has 2 aromatic heterocycles. The average Bonchev–Trinajstić information content (AvgIpc) is 3.14. The lowest BCUT2D eigenvalue weighted by Crippen LogP contribution is -2.25. The fraction of sp³-hybridized carbons (Fsp3) is 0.316. The molecule has 1 aromatic carbocycles. The van der Waals surface area contributed by atoms with Gasteiger partial charge in [-0.3, -0.25) is 9.55 Å². The van der Waals surface area contributed by atoms with Crippen LogP contribution in [-0.2, 0) is 9.47 Å². The molecule has 0 spiro atoms. The van der Waals surface area contributed by atoms with Crippen LogP contribution < -0.4 is 0 Å². The summed E-state index contributed by atoms with van der Waals surface area (Å²) in [4.78, 5) is 4.10. The van der Waals surface area contributed by atoms with Gasteiger partial charge in [0.15, 0.2) is 11.0 Å². The van der Waals surface area contributed by atoms with E-state index in [1.807, 2.05) is 37.3 Å². The second kappa shape index (κ2) is 8.39. The lowest BCUT2D eigenvalue weighted by molar-refractivity contribution is -0.130. The van der Waals surface area contributed by atoms with Crippen LogP contribution in [0.15, 0.2) is 47.9 Å². The molecule has 4 rings (SSSR count). The van der Waals surface area contributed by atoms with Crippen molar-refractivity contribution in [2.45, 2.75) is 24.6 Å². The fourth-order valence-electron chi connectivity index (χ4n) is 2.91. The van der Waals surface area contributed by atoms with Crippen molar-refractivity contribution < 1.29 is 9.47 Å². The summed E-state index contributed by atoms with van der Waals surface area (Å²) in [5, 5.41) is 10.4. The lowest BCUT2D eigenvalue weighted by atomic mass is 10.2. The molecule has 1 aliphatic heterocycles. The molecular weight excluding hydrogens is 384 g/mol. The van der Waals surface area contributed by atoms with Gasteiger partial charge < -0.3 is 9.47 Å². The number of hydrogen-bond acceptors (Lipinski definition) is 6. The molecule has 0 aliphatic carbocycles. The summed E-state index contributed by atoms with van der Waals surface area (Å²) in [6.45, 7) is 3.09. The van der Waals surface area contributed by atoms with Crippen molar-refractivity contribution >= 4 is 23.4 Å². The Morgan fingerprint density at radius 2 is 2.07 bits per heavy atom. The van der Waals surface area contributed by atoms with Crippen molar-refractivity contribution in [1.82, 2.24) is 19.7 Å². The van der Waals surface area contributed by atoms with Crippen LogP contribution in [-0.4, -0.2) is 45.0 Å². The minimum atomic E-state index is 0.152. The Morgan fingerprint density at radius 1 is 1.22 bits per heavy atom. The predicted molar refractivity (Wildman–Crippen MR) is 105 cm³/mol. The van der Waals surface area contributed by atoms with E-state index >= 15 is 0 Å². The van der Waals surface area contributed by atoms with Gasteiger partial charge in [-0.15, -0.1) is 10.2 Å². The standard InChI is InChI=1S/C19H19ClN4O2S/c1-13-16(20)3-2-4-17(13)24-18(14-5-8-21-9-6-14)22-23-19(24)27-11-15-7-10-25-12-26-15/h2-6,8-9,15H,7,10-12H2,1H3/t15-/m1/s1. The topological polar surface area (TPSA) is 62.1 Å². The predicted octanol–water partition coefficient (Wildman–Crippen LogP) is 4.15. The molecule has 1 saturated heterocycles. The number of ether oxygens (including phenoxy) is 2. The number of halogens is 1. The third kappa shape index (κ3) is 4.01. The molecule has 0 unspecified atom stereocenters. The van der Waals surface area contributed by atoms with Gasteiger partial charge in [-0.25, -0.2) is 0 Å². The van der Waals surface area contributed by atoms with E-state index in [9.17, 15) is 0 Å². The number of thioether (sulfide) groups is 1. The zero-order valence-electron chi connectivity index (χ0n) is 14.8. The van der Waals surface area contributed by atoms with Gasteiger partial charge in [-0.1, -0.05) is 29.4 Å². The number of aromatic nitrogens is 4. The first-order chi connectivity index (χ1) is 13.2. The van der Waals surface area contributed by atoms with Gasteiger partial charge in [0.1, 0.15) is 6.79 Å². The summed E-state index contributed by atoms with van der Waals surface area (Å²) >= 11 is 8.00. The largest absolute Gasteiger partial charge is 0.355 e. The first-order valence-electron chi connectivity index (χ1n) is 8.67. The number of pyridine rings is 1. The normalized spacial score (nSPS) is 17.2. The van der Waals surface area contributed by atoms with Crippen molar-refractivity contribution in [3.8, 4) is 17.1 Å². The zero-order valence-corrected chi connectivity index (χ0v) is 16.4. The molecule has 1 fully saturated rings. The number of nitrogens with zero attached hydrogens (tertiary/aromatic N) is 4. The van der Waals surface area contributed by atoms with E-state index in [0.717, 1.165) is 46.6 Å². The molecule has 27 heavy (non-hydrogen) atoms. The van der Waals surface area contributed by atoms with Gasteiger partial charge in [0.25, 0.3) is 0 Å². The Hall–Kier alpha value is -1.93. The van der Waals surface area contributed by atoms with Gasteiger partial charge in [-0.2, -0.15) is 0 Å². The molecule has 3 heterocycles. The molecule has 0 amide bonds. The summed E-state index contributed by atoms with van der Waals surface area (Å²) in [5.74, 6) is 1.55. The maximum atomic E-state index is 6.38. The summed E-state index contributed by atoms with van der Waals surface area (Å²) in [7, 11) is 0. The second-order valence-corrected chi connectivity index (χ2v) is 7.57. The SMILES string of the molecule is Cc1c(Cl)cccc1-n1c(SC[C@H]2CCOCO2)nnc1-c1ccncc1. The molecule has 140 valence electrons. The van der Waals surface area contributed by atoms with Gasteiger partial charge in [0.05, 0.1) is 18.4 Å². The molecule has 3 aromatic rings. The van der Waals surface area contributed by atoms with Crippen molar-refractivity contribution in [3.63, 3.8) is 0 Å². The highest BCUT2D eigenvalue weighted by molar-refractivity contribution is 7.99. The first-order valence-corrected chi connectivity index (χ1v) is 10.0. The van der Waals surface area contributed by atoms with Crippen molar-refractivity contribution in [1.29, 1.82) is 0 Å². The Morgan fingerprint density at radius 3 is 2.85 bits per heavy atom. The van der Waals surface area contributed by atoms with Gasteiger partial charge in [-0.05, 0) is 43.2 Å². The minimum Gasteiger partial charge on any atom is -0.355 e. The van der Waals surface area contributed by atoms with Crippen LogP contribution >= 0.6 is 23.4 Å². The molecule has 6 nitrogen and oxygen atoms in total. The molecule has 0 N–H and O–H groups in total. The summed E-state index contributed by atoms with van der Waals surface area (Å²) in [6, 6.07) is 9.72. The van der Waals surface area contributed by atoms with E-state index in [2.05, 4.69) is 19.7 Å². The smallest absolute Gasteiger partial charge is 0.196 e. The molecule has 0 bridgehead atoms. The van der Waals surface area contributed by atoms with Crippen LogP contribution in [0.5, 0.6) is 0 Å². The van der Waals surface area contributed by atoms with E-state index in [4.69, 9.17) is 21.1 Å². The Kier molecular flexibility index (Phi) is 5.73. The molecule has 8 heteroatoms. The van der Waals surface area contributed by atoms with E-state index in [0.29, 0.717) is 11.8 Å². The van der Waals surface area contributed by atoms with Crippen LogP contribution in [0.3, 0.4) is 0 Å². The van der Waals surface area contributed by atoms with E-state index in [1.54, 1.807) is 24.2 Å². The lowest BCUT2D eigenvalue weighted by Gasteiger charge is -2.22. The second-order valence-electron chi connectivity index (χ2n) is 6.18. The molecule has 0 radical (unpaired) electrons. The van der Waals surface area contributed by atoms with Gasteiger partial charge in [0, 0.05) is 28.7 Å². The molecule has 0 saturated carbocycles. The highest BCUT2D eigenvalue weighted by atomic mass is 35.5. The Bertz CT molecular complexity index is 913. The van der Waals surface area contributed by atoms with Crippen molar-refractivity contribution in [2.24, 2.45) is 0 Å². The number of hydrogen-bond donors (Lipinski definition) is 0. The van der Waals surface area contributed by atoms with Gasteiger partial charge >= 0.3 is 0 Å². The quantitative estimate of drug-likeness (QED) is 0.597. The van der Waals surface area contributed by atoms with Crippen LogP contribution in [0.25, 0.3) is 17.1 Å². The molecular formula is C19H19ClN4O2S. The van der Waals surface area contributed by atoms with E-state index in [-0.39, 0.29) is 6.10 Å². The highest BCUT2D eigenvalue weighted by Gasteiger charge is 2.21. The number of rotatable bonds is 5. The Labute approximate surface area is 166 Å². The highest BCUT2D eigenvalue weighted by Crippen LogP contribution is 2.32. The Balaban J connectivity index is 1.73. The van der Waals surface area contributed by atoms with Crippen LogP contribution in [0.1, 0.15) is 12.0 Å². The number of benzene rings is 1. The maximum absolute atomic E-state index is 6.38. The van der Waals surface area contributed by atoms with Crippen LogP contribution in [0.4, 0.5) is 0 Å². The van der Waals surface area contributed by atoms with Crippen molar-refractivity contribution in [3.05, 3.63) is 53.3 Å². The molecule has 1 atom stereocenters. The zero-order chi connectivity index (χ0) is 18.6. The van der Waals surface area contributed by atoms with E-state index < -0.39 is 0 Å². The third-order valence-corrected chi connectivity index (χ3v) is 5.89. The summed E-state index contributed by atoms with van der Waals surface area (Å²) in [5.41, 5.74) is 2.90. The third-order valence-electron chi connectivity index (χ3n) is 4.42. The first kappa shape index (κ1) is 18.4. The maximum Gasteiger partial charge on any atom is 0.196 e. The molecule has 1 aliphatic rings. The van der Waals surface area contributed by atoms with Crippen LogP contribution in [0, 0.1) is 6.92 Å².